The van der Waals surface area contributed by atoms with E-state index >= 15 is 0 Å². The summed E-state index contributed by atoms with van der Waals surface area (Å²) >= 11 is 0. The molecule has 1 aromatic rings. The molecular weight excluding hydrogens is 260 g/mol. The number of carbonyl (C=O) groups excluding carboxylic acids is 1. The van der Waals surface area contributed by atoms with Crippen LogP contribution in [0.4, 0.5) is 11.4 Å². The molecule has 0 saturated heterocycles. The molecular formula is C13H20N4O3. The maximum Gasteiger partial charge on any atom is 0.292 e. The molecule has 20 heavy (non-hydrogen) atoms. The summed E-state index contributed by atoms with van der Waals surface area (Å²) in [4.78, 5) is 23.8. The lowest BCUT2D eigenvalue weighted by molar-refractivity contribution is -0.384. The van der Waals surface area contributed by atoms with Gasteiger partial charge in [-0.1, -0.05) is 12.1 Å². The Balaban J connectivity index is 2.56. The van der Waals surface area contributed by atoms with Gasteiger partial charge in [-0.3, -0.25) is 14.9 Å². The molecule has 0 aromatic heterocycles. The third-order valence-electron chi connectivity index (χ3n) is 2.82. The van der Waals surface area contributed by atoms with Crippen LogP contribution < -0.4 is 16.0 Å². The molecule has 0 unspecified atom stereocenters. The van der Waals surface area contributed by atoms with E-state index < -0.39 is 4.92 Å². The quantitative estimate of drug-likeness (QED) is 0.418. The van der Waals surface area contributed by atoms with Crippen LogP contribution in [-0.4, -0.2) is 37.5 Å². The highest BCUT2D eigenvalue weighted by atomic mass is 16.6. The normalized spacial score (nSPS) is 10.1. The lowest BCUT2D eigenvalue weighted by Gasteiger charge is -2.18. The maximum absolute atomic E-state index is 11.7. The van der Waals surface area contributed by atoms with Gasteiger partial charge in [-0.05, 0) is 25.5 Å². The number of nitro benzene ring substituents is 1. The van der Waals surface area contributed by atoms with E-state index in [4.69, 9.17) is 5.73 Å². The summed E-state index contributed by atoms with van der Waals surface area (Å²) in [5, 5.41) is 13.7. The highest BCUT2D eigenvalue weighted by molar-refractivity contribution is 5.82. The van der Waals surface area contributed by atoms with Gasteiger partial charge in [0, 0.05) is 19.7 Å². The number of unbranched alkanes of at least 4 members (excludes halogenated alkanes) is 1. The first kappa shape index (κ1) is 15.9. The first-order valence-corrected chi connectivity index (χ1v) is 6.47. The van der Waals surface area contributed by atoms with Gasteiger partial charge in [0.05, 0.1) is 11.5 Å². The van der Waals surface area contributed by atoms with Gasteiger partial charge in [0.1, 0.15) is 5.69 Å². The van der Waals surface area contributed by atoms with Crippen molar-refractivity contribution in [2.45, 2.75) is 12.8 Å². The monoisotopic (exact) mass is 280 g/mol. The number of hydrogen-bond acceptors (Lipinski definition) is 5. The topological polar surface area (TPSA) is 102 Å². The minimum atomic E-state index is -0.453. The Morgan fingerprint density at radius 2 is 2.10 bits per heavy atom. The lowest BCUT2D eigenvalue weighted by atomic mass is 10.2. The Bertz CT molecular complexity index is 465. The second kappa shape index (κ2) is 8.11. The second-order valence-corrected chi connectivity index (χ2v) is 4.45. The molecule has 1 aromatic carbocycles. The van der Waals surface area contributed by atoms with Crippen LogP contribution >= 0.6 is 0 Å². The van der Waals surface area contributed by atoms with Crippen molar-refractivity contribution in [3.8, 4) is 0 Å². The lowest BCUT2D eigenvalue weighted by Crippen LogP contribution is -2.36. The predicted octanol–water partition coefficient (Wildman–Crippen LogP) is 0.886. The predicted molar refractivity (Wildman–Crippen MR) is 77.7 cm³/mol. The van der Waals surface area contributed by atoms with Crippen molar-refractivity contribution in [2.24, 2.45) is 5.73 Å². The number of amides is 1. The summed E-state index contributed by atoms with van der Waals surface area (Å²) in [7, 11) is 1.65. The van der Waals surface area contributed by atoms with Crippen LogP contribution in [0.15, 0.2) is 24.3 Å². The first-order valence-electron chi connectivity index (χ1n) is 6.47. The molecule has 0 fully saturated rings. The fourth-order valence-electron chi connectivity index (χ4n) is 1.79. The van der Waals surface area contributed by atoms with Gasteiger partial charge < -0.3 is 16.0 Å². The first-order chi connectivity index (χ1) is 9.56. The SMILES string of the molecule is CN(CC(=O)NCCCCN)c1ccccc1[N+](=O)[O-]. The van der Waals surface area contributed by atoms with Crippen molar-refractivity contribution >= 4 is 17.3 Å². The van der Waals surface area contributed by atoms with Crippen LogP contribution in [0.3, 0.4) is 0 Å². The fraction of sp³-hybridized carbons (Fsp3) is 0.462. The van der Waals surface area contributed by atoms with Crippen LogP contribution in [0.2, 0.25) is 0 Å². The van der Waals surface area contributed by atoms with Crippen LogP contribution in [-0.2, 0) is 4.79 Å². The van der Waals surface area contributed by atoms with Crippen LogP contribution in [0.25, 0.3) is 0 Å². The molecule has 1 rings (SSSR count). The van der Waals surface area contributed by atoms with Gasteiger partial charge >= 0.3 is 0 Å². The van der Waals surface area contributed by atoms with Crippen LogP contribution in [0.5, 0.6) is 0 Å². The van der Waals surface area contributed by atoms with E-state index in [2.05, 4.69) is 5.32 Å². The fourth-order valence-corrected chi connectivity index (χ4v) is 1.79. The molecule has 0 aliphatic carbocycles. The average Bonchev–Trinajstić information content (AvgIpc) is 2.43. The Kier molecular flexibility index (Phi) is 6.45. The van der Waals surface area contributed by atoms with Crippen molar-refractivity contribution in [1.82, 2.24) is 5.32 Å². The number of benzene rings is 1. The molecule has 110 valence electrons. The number of nitrogens with one attached hydrogen (secondary N) is 1. The van der Waals surface area contributed by atoms with Crippen molar-refractivity contribution in [1.29, 1.82) is 0 Å². The standard InChI is InChI=1S/C13H20N4O3/c1-16(10-13(18)15-9-5-4-8-14)11-6-2-3-7-12(11)17(19)20/h2-3,6-7H,4-5,8-10,14H2,1H3,(H,15,18). The molecule has 0 spiro atoms. The van der Waals surface area contributed by atoms with E-state index in [1.165, 1.54) is 6.07 Å². The Morgan fingerprint density at radius 1 is 1.40 bits per heavy atom. The number of para-hydroxylation sites is 2. The summed E-state index contributed by atoms with van der Waals surface area (Å²) in [5.41, 5.74) is 5.78. The number of rotatable bonds is 8. The van der Waals surface area contributed by atoms with Crippen molar-refractivity contribution in [3.05, 3.63) is 34.4 Å². The van der Waals surface area contributed by atoms with Crippen molar-refractivity contribution < 1.29 is 9.72 Å². The van der Waals surface area contributed by atoms with E-state index in [0.717, 1.165) is 12.8 Å². The molecule has 0 bridgehead atoms. The number of anilines is 1. The van der Waals surface area contributed by atoms with Crippen LogP contribution in [0.1, 0.15) is 12.8 Å². The van der Waals surface area contributed by atoms with E-state index in [-0.39, 0.29) is 18.1 Å². The van der Waals surface area contributed by atoms with Gasteiger partial charge in [-0.15, -0.1) is 0 Å². The molecule has 0 aliphatic rings. The summed E-state index contributed by atoms with van der Waals surface area (Å²) < 4.78 is 0. The maximum atomic E-state index is 11.7. The number of nitrogens with zero attached hydrogens (tertiary/aromatic N) is 2. The molecule has 0 radical (unpaired) electrons. The highest BCUT2D eigenvalue weighted by Crippen LogP contribution is 2.26. The number of nitro groups is 1. The molecule has 3 N–H and O–H groups in total. The number of hydrogen-bond donors (Lipinski definition) is 2. The zero-order chi connectivity index (χ0) is 15.0. The zero-order valence-corrected chi connectivity index (χ0v) is 11.5. The van der Waals surface area contributed by atoms with Crippen LogP contribution in [0, 0.1) is 10.1 Å². The Hall–Kier alpha value is -2.15. The smallest absolute Gasteiger partial charge is 0.292 e. The Labute approximate surface area is 117 Å². The van der Waals surface area contributed by atoms with Gasteiger partial charge in [0.15, 0.2) is 0 Å². The van der Waals surface area contributed by atoms with Crippen molar-refractivity contribution in [3.63, 3.8) is 0 Å². The van der Waals surface area contributed by atoms with Crippen molar-refractivity contribution in [2.75, 3.05) is 31.6 Å². The second-order valence-electron chi connectivity index (χ2n) is 4.45. The van der Waals surface area contributed by atoms with Gasteiger partial charge in [-0.25, -0.2) is 0 Å². The molecule has 0 saturated carbocycles. The molecule has 0 aliphatic heterocycles. The number of likely N-dealkylation sites (N-methyl/N-ethyl adjacent to an activating group) is 1. The molecule has 0 heterocycles. The Morgan fingerprint density at radius 3 is 2.75 bits per heavy atom. The summed E-state index contributed by atoms with van der Waals surface area (Å²) in [5.74, 6) is -0.164. The minimum absolute atomic E-state index is 0.00840. The molecule has 7 nitrogen and oxygen atoms in total. The minimum Gasteiger partial charge on any atom is -0.360 e. The largest absolute Gasteiger partial charge is 0.360 e. The summed E-state index contributed by atoms with van der Waals surface area (Å²) in [6.45, 7) is 1.25. The molecule has 1 amide bonds. The average molecular weight is 280 g/mol. The van der Waals surface area contributed by atoms with E-state index in [1.807, 2.05) is 0 Å². The molecule has 7 heteroatoms. The van der Waals surface area contributed by atoms with E-state index in [1.54, 1.807) is 30.1 Å². The highest BCUT2D eigenvalue weighted by Gasteiger charge is 2.17. The number of nitrogens with two attached hydrogens (primary N) is 1. The summed E-state index contributed by atoms with van der Waals surface area (Å²) in [6, 6.07) is 6.35. The van der Waals surface area contributed by atoms with Gasteiger partial charge in [0.2, 0.25) is 5.91 Å². The van der Waals surface area contributed by atoms with Gasteiger partial charge in [0.25, 0.3) is 5.69 Å². The zero-order valence-electron chi connectivity index (χ0n) is 11.5. The van der Waals surface area contributed by atoms with Gasteiger partial charge in [-0.2, -0.15) is 0 Å². The third-order valence-corrected chi connectivity index (χ3v) is 2.82. The van der Waals surface area contributed by atoms with E-state index in [9.17, 15) is 14.9 Å². The van der Waals surface area contributed by atoms with E-state index in [0.29, 0.717) is 18.8 Å². The molecule has 0 atom stereocenters. The third kappa shape index (κ3) is 4.85. The number of carbonyl (C=O) groups is 1. The summed E-state index contributed by atoms with van der Waals surface area (Å²) in [6.07, 6.45) is 1.69.